The Balaban J connectivity index is 2.17. The summed E-state index contributed by atoms with van der Waals surface area (Å²) >= 11 is 0. The zero-order valence-corrected chi connectivity index (χ0v) is 13.5. The van der Waals surface area contributed by atoms with E-state index in [2.05, 4.69) is 15.5 Å². The summed E-state index contributed by atoms with van der Waals surface area (Å²) in [5.74, 6) is -1.15. The summed E-state index contributed by atoms with van der Waals surface area (Å²) < 4.78 is 19.5. The first-order chi connectivity index (χ1) is 11.9. The molecule has 25 heavy (non-hydrogen) atoms. The molecule has 0 saturated carbocycles. The number of amides is 1. The minimum atomic E-state index is -1.59. The normalized spacial score (nSPS) is 21.0. The van der Waals surface area contributed by atoms with Gasteiger partial charge >= 0.3 is 0 Å². The number of nitriles is 1. The molecule has 4 rings (SSSR count). The first kappa shape index (κ1) is 15.2. The number of nitrogens with two attached hydrogens (primary N) is 1. The molecular weight excluding hydrogens is 325 g/mol. The molecule has 8 heteroatoms. The number of aromatic amines is 1. The highest BCUT2D eigenvalue weighted by Crippen LogP contribution is 2.54. The molecule has 1 spiro atoms. The van der Waals surface area contributed by atoms with E-state index in [0.29, 0.717) is 22.5 Å². The number of hydrogen-bond acceptors (Lipinski definition) is 5. The van der Waals surface area contributed by atoms with E-state index < -0.39 is 17.1 Å². The molecule has 0 radical (unpaired) electrons. The largest absolute Gasteiger partial charge is 0.420 e. The van der Waals surface area contributed by atoms with Gasteiger partial charge in [0.25, 0.3) is 0 Å². The van der Waals surface area contributed by atoms with Crippen molar-refractivity contribution in [3.63, 3.8) is 0 Å². The van der Waals surface area contributed by atoms with Crippen molar-refractivity contribution in [1.82, 2.24) is 10.2 Å². The summed E-state index contributed by atoms with van der Waals surface area (Å²) in [7, 11) is 0. The van der Waals surface area contributed by atoms with Crippen LogP contribution in [0.15, 0.2) is 29.7 Å². The van der Waals surface area contributed by atoms with Gasteiger partial charge in [0.15, 0.2) is 0 Å². The minimum absolute atomic E-state index is 0.0404. The van der Waals surface area contributed by atoms with E-state index in [4.69, 9.17) is 10.5 Å². The fourth-order valence-electron chi connectivity index (χ4n) is 3.57. The summed E-state index contributed by atoms with van der Waals surface area (Å²) in [6, 6.07) is 5.93. The quantitative estimate of drug-likeness (QED) is 0.734. The van der Waals surface area contributed by atoms with Crippen LogP contribution in [0, 0.1) is 17.1 Å². The molecule has 1 aromatic heterocycles. The van der Waals surface area contributed by atoms with E-state index >= 15 is 0 Å². The fraction of sp³-hybridized carbons (Fsp3) is 0.235. The molecule has 1 amide bonds. The summed E-state index contributed by atoms with van der Waals surface area (Å²) in [5.41, 5.74) is 6.02. The van der Waals surface area contributed by atoms with Crippen LogP contribution in [-0.2, 0) is 10.2 Å². The molecule has 126 valence electrons. The third kappa shape index (κ3) is 1.72. The van der Waals surface area contributed by atoms with Gasteiger partial charge in [0, 0.05) is 16.9 Å². The van der Waals surface area contributed by atoms with Crippen molar-refractivity contribution < 1.29 is 13.9 Å². The van der Waals surface area contributed by atoms with E-state index in [-0.39, 0.29) is 23.3 Å². The molecule has 3 heterocycles. The van der Waals surface area contributed by atoms with Gasteiger partial charge in [0.1, 0.15) is 22.9 Å². The molecule has 0 fully saturated rings. The van der Waals surface area contributed by atoms with Crippen LogP contribution in [0.3, 0.4) is 0 Å². The molecule has 0 unspecified atom stereocenters. The van der Waals surface area contributed by atoms with Crippen LogP contribution in [0.2, 0.25) is 0 Å². The molecule has 7 nitrogen and oxygen atoms in total. The SMILES string of the molecule is CC(C)c1[nH]nc2c1[C@@]1(C(=O)Nc3ccc(F)cc31)C(C#N)=C(N)O2. The zero-order valence-electron chi connectivity index (χ0n) is 13.5. The van der Waals surface area contributed by atoms with Crippen molar-refractivity contribution in [1.29, 1.82) is 5.26 Å². The maximum Gasteiger partial charge on any atom is 0.245 e. The number of hydrogen-bond donors (Lipinski definition) is 3. The van der Waals surface area contributed by atoms with Crippen LogP contribution in [0.4, 0.5) is 10.1 Å². The minimum Gasteiger partial charge on any atom is -0.420 e. The second-order valence-corrected chi connectivity index (χ2v) is 6.32. The van der Waals surface area contributed by atoms with Gasteiger partial charge in [-0.1, -0.05) is 13.8 Å². The highest BCUT2D eigenvalue weighted by molar-refractivity contribution is 6.12. The topological polar surface area (TPSA) is 117 Å². The molecule has 0 saturated heterocycles. The molecule has 1 aromatic carbocycles. The second-order valence-electron chi connectivity index (χ2n) is 6.32. The van der Waals surface area contributed by atoms with Gasteiger partial charge in [0.2, 0.25) is 17.7 Å². The number of nitrogens with one attached hydrogen (secondary N) is 2. The average Bonchev–Trinajstić information content (AvgIpc) is 3.09. The van der Waals surface area contributed by atoms with Crippen molar-refractivity contribution >= 4 is 11.6 Å². The van der Waals surface area contributed by atoms with Crippen LogP contribution in [-0.4, -0.2) is 16.1 Å². The molecule has 4 N–H and O–H groups in total. The van der Waals surface area contributed by atoms with Gasteiger partial charge in [0.05, 0.1) is 5.56 Å². The van der Waals surface area contributed by atoms with E-state index in [1.165, 1.54) is 18.2 Å². The molecule has 1 atom stereocenters. The van der Waals surface area contributed by atoms with E-state index in [1.54, 1.807) is 0 Å². The Hall–Kier alpha value is -3.34. The summed E-state index contributed by atoms with van der Waals surface area (Å²) in [6.07, 6.45) is 0. The lowest BCUT2D eigenvalue weighted by molar-refractivity contribution is -0.118. The number of halogens is 1. The monoisotopic (exact) mass is 339 g/mol. The van der Waals surface area contributed by atoms with Crippen molar-refractivity contribution in [2.75, 3.05) is 5.32 Å². The molecule has 2 aliphatic rings. The van der Waals surface area contributed by atoms with Crippen LogP contribution in [0.1, 0.15) is 36.6 Å². The number of aromatic nitrogens is 2. The molecular formula is C17H14FN5O2. The standard InChI is InChI=1S/C17H14FN5O2/c1-7(2)13-12-15(23-22-13)25-14(20)10(6-19)17(12)9-5-8(18)3-4-11(9)21-16(17)24/h3-5,7H,20H2,1-2H3,(H,21,24)(H,22,23)/t17-/m0/s1. The number of anilines is 1. The van der Waals surface area contributed by atoms with Crippen LogP contribution in [0.25, 0.3) is 0 Å². The average molecular weight is 339 g/mol. The van der Waals surface area contributed by atoms with Gasteiger partial charge in [-0.15, -0.1) is 5.10 Å². The first-order valence-corrected chi connectivity index (χ1v) is 7.69. The van der Waals surface area contributed by atoms with Gasteiger partial charge in [-0.2, -0.15) is 5.26 Å². The van der Waals surface area contributed by atoms with Crippen molar-refractivity contribution in [2.24, 2.45) is 5.73 Å². The van der Waals surface area contributed by atoms with Crippen molar-refractivity contribution in [3.05, 3.63) is 52.3 Å². The predicted octanol–water partition coefficient (Wildman–Crippen LogP) is 2.00. The van der Waals surface area contributed by atoms with E-state index in [1.807, 2.05) is 19.9 Å². The van der Waals surface area contributed by atoms with E-state index in [9.17, 15) is 14.4 Å². The third-order valence-corrected chi connectivity index (χ3v) is 4.63. The highest BCUT2D eigenvalue weighted by atomic mass is 19.1. The van der Waals surface area contributed by atoms with Crippen LogP contribution in [0.5, 0.6) is 5.88 Å². The predicted molar refractivity (Wildman–Crippen MR) is 85.9 cm³/mol. The zero-order chi connectivity index (χ0) is 17.9. The van der Waals surface area contributed by atoms with Crippen LogP contribution < -0.4 is 15.8 Å². The number of H-pyrrole nitrogens is 1. The lowest BCUT2D eigenvalue weighted by Crippen LogP contribution is -2.42. The summed E-state index contributed by atoms with van der Waals surface area (Å²) in [5, 5.41) is 19.4. The molecule has 2 aliphatic heterocycles. The number of benzene rings is 1. The number of nitrogens with zero attached hydrogens (tertiary/aromatic N) is 2. The van der Waals surface area contributed by atoms with Gasteiger partial charge in [-0.25, -0.2) is 4.39 Å². The Bertz CT molecular complexity index is 1000. The summed E-state index contributed by atoms with van der Waals surface area (Å²) in [6.45, 7) is 3.82. The van der Waals surface area contributed by atoms with Gasteiger partial charge in [-0.3, -0.25) is 9.89 Å². The Labute approximate surface area is 142 Å². The van der Waals surface area contributed by atoms with Crippen molar-refractivity contribution in [3.8, 4) is 11.9 Å². The lowest BCUT2D eigenvalue weighted by Gasteiger charge is -2.32. The third-order valence-electron chi connectivity index (χ3n) is 4.63. The molecule has 0 bridgehead atoms. The highest BCUT2D eigenvalue weighted by Gasteiger charge is 2.58. The number of rotatable bonds is 1. The maximum absolute atomic E-state index is 14.0. The van der Waals surface area contributed by atoms with Crippen LogP contribution >= 0.6 is 0 Å². The number of fused-ring (bicyclic) bond motifs is 4. The number of carbonyl (C=O) groups excluding carboxylic acids is 1. The summed E-state index contributed by atoms with van der Waals surface area (Å²) in [4.78, 5) is 13.1. The maximum atomic E-state index is 14.0. The Morgan fingerprint density at radius 1 is 1.44 bits per heavy atom. The van der Waals surface area contributed by atoms with E-state index in [0.717, 1.165) is 0 Å². The lowest BCUT2D eigenvalue weighted by atomic mass is 9.68. The number of carbonyl (C=O) groups is 1. The fourth-order valence-corrected chi connectivity index (χ4v) is 3.57. The Morgan fingerprint density at radius 3 is 2.88 bits per heavy atom. The molecule has 2 aromatic rings. The Morgan fingerprint density at radius 2 is 2.20 bits per heavy atom. The van der Waals surface area contributed by atoms with Gasteiger partial charge < -0.3 is 15.8 Å². The first-order valence-electron chi connectivity index (χ1n) is 7.69. The Kier molecular flexibility index (Phi) is 2.94. The second kappa shape index (κ2) is 4.83. The van der Waals surface area contributed by atoms with Gasteiger partial charge in [-0.05, 0) is 24.1 Å². The number of ether oxygens (including phenoxy) is 1. The molecule has 0 aliphatic carbocycles. The van der Waals surface area contributed by atoms with Crippen molar-refractivity contribution in [2.45, 2.75) is 25.2 Å². The smallest absolute Gasteiger partial charge is 0.245 e.